The molecule has 1 aromatic rings. The number of nitrogens with one attached hydrogen (secondary N) is 3. The lowest BCUT2D eigenvalue weighted by Gasteiger charge is -2.24. The quantitative estimate of drug-likeness (QED) is 0.592. The number of carbonyl (C=O) groups is 3. The summed E-state index contributed by atoms with van der Waals surface area (Å²) in [4.78, 5) is 36.6. The summed E-state index contributed by atoms with van der Waals surface area (Å²) in [5, 5.41) is 17.1. The maximum absolute atomic E-state index is 12.3. The van der Waals surface area contributed by atoms with Crippen molar-refractivity contribution in [2.24, 2.45) is 11.8 Å². The minimum Gasteiger partial charge on any atom is -0.454 e. The van der Waals surface area contributed by atoms with E-state index in [0.717, 1.165) is 12.8 Å². The number of amides is 3. The van der Waals surface area contributed by atoms with Crippen LogP contribution in [0, 0.1) is 23.2 Å². The van der Waals surface area contributed by atoms with Crippen LogP contribution in [0.4, 0.5) is 10.5 Å². The highest BCUT2D eigenvalue weighted by molar-refractivity contribution is 5.93. The van der Waals surface area contributed by atoms with E-state index in [9.17, 15) is 19.6 Å². The van der Waals surface area contributed by atoms with Crippen LogP contribution in [0.3, 0.4) is 0 Å². The second kappa shape index (κ2) is 9.22. The molecule has 0 radical (unpaired) electrons. The van der Waals surface area contributed by atoms with Crippen molar-refractivity contribution in [2.45, 2.75) is 45.2 Å². The van der Waals surface area contributed by atoms with Crippen LogP contribution in [0.25, 0.3) is 0 Å². The van der Waals surface area contributed by atoms with Gasteiger partial charge in [0, 0.05) is 5.69 Å². The second-order valence-electron chi connectivity index (χ2n) is 7.43. The molecule has 1 aromatic carbocycles. The second-order valence-corrected chi connectivity index (χ2v) is 7.43. The highest BCUT2D eigenvalue weighted by atomic mass is 16.5. The lowest BCUT2D eigenvalue weighted by Crippen LogP contribution is -2.50. The average molecular weight is 386 g/mol. The number of hydrogen-bond donors (Lipinski definition) is 3. The molecule has 2 atom stereocenters. The number of nitrogens with zero attached hydrogens (tertiary/aromatic N) is 1. The van der Waals surface area contributed by atoms with Gasteiger partial charge in [-0.15, -0.1) is 0 Å². The topological polar surface area (TPSA) is 120 Å². The molecule has 1 saturated carbocycles. The Bertz CT molecular complexity index is 755. The van der Waals surface area contributed by atoms with Gasteiger partial charge in [-0.25, -0.2) is 9.59 Å². The maximum Gasteiger partial charge on any atom is 0.329 e. The number of nitriles is 1. The third-order valence-corrected chi connectivity index (χ3v) is 4.61. The van der Waals surface area contributed by atoms with E-state index in [1.807, 2.05) is 6.07 Å². The van der Waals surface area contributed by atoms with Crippen molar-refractivity contribution in [3.05, 3.63) is 30.3 Å². The third kappa shape index (κ3) is 5.98. The molecule has 8 nitrogen and oxygen atoms in total. The first-order valence-electron chi connectivity index (χ1n) is 9.26. The van der Waals surface area contributed by atoms with Crippen molar-refractivity contribution in [3.63, 3.8) is 0 Å². The lowest BCUT2D eigenvalue weighted by atomic mass is 9.98. The molecule has 150 valence electrons. The van der Waals surface area contributed by atoms with Crippen molar-refractivity contribution in [3.8, 4) is 6.07 Å². The van der Waals surface area contributed by atoms with Gasteiger partial charge >= 0.3 is 12.0 Å². The highest BCUT2D eigenvalue weighted by Gasteiger charge is 2.43. The fraction of sp³-hybridized carbons (Fsp3) is 0.500. The number of ether oxygens (including phenoxy) is 1. The average Bonchev–Trinajstić information content (AvgIpc) is 3.50. The Balaban J connectivity index is 1.85. The molecule has 1 aliphatic carbocycles. The van der Waals surface area contributed by atoms with Crippen molar-refractivity contribution in [1.82, 2.24) is 10.6 Å². The van der Waals surface area contributed by atoms with Crippen molar-refractivity contribution in [2.75, 3.05) is 11.9 Å². The summed E-state index contributed by atoms with van der Waals surface area (Å²) in [6, 6.07) is 9.47. The molecule has 0 unspecified atom stereocenters. The van der Waals surface area contributed by atoms with Crippen LogP contribution in [0.5, 0.6) is 0 Å². The lowest BCUT2D eigenvalue weighted by molar-refractivity contribution is -0.151. The molecular formula is C20H26N4O4. The molecule has 0 saturated heterocycles. The number of anilines is 1. The Kier molecular flexibility index (Phi) is 6.99. The van der Waals surface area contributed by atoms with Crippen molar-refractivity contribution >= 4 is 23.6 Å². The Morgan fingerprint density at radius 2 is 1.89 bits per heavy atom. The fourth-order valence-corrected chi connectivity index (χ4v) is 2.76. The molecule has 0 heterocycles. The summed E-state index contributed by atoms with van der Waals surface area (Å²) >= 11 is 0. The fourth-order valence-electron chi connectivity index (χ4n) is 2.76. The number of hydrogen-bond acceptors (Lipinski definition) is 5. The number of rotatable bonds is 8. The first-order valence-corrected chi connectivity index (χ1v) is 9.26. The molecule has 2 rings (SSSR count). The first kappa shape index (κ1) is 21.2. The minimum atomic E-state index is -0.950. The Morgan fingerprint density at radius 1 is 1.25 bits per heavy atom. The van der Waals surface area contributed by atoms with Crippen LogP contribution in [0.15, 0.2) is 30.3 Å². The number of urea groups is 1. The van der Waals surface area contributed by atoms with Crippen LogP contribution in [0.1, 0.15) is 33.6 Å². The monoisotopic (exact) mass is 386 g/mol. The van der Waals surface area contributed by atoms with Gasteiger partial charge in [0.1, 0.15) is 11.6 Å². The number of carbonyl (C=O) groups excluding carboxylic acids is 3. The molecule has 8 heteroatoms. The number of benzene rings is 1. The first-order chi connectivity index (χ1) is 13.2. The maximum atomic E-state index is 12.3. The van der Waals surface area contributed by atoms with Gasteiger partial charge in [0.15, 0.2) is 6.61 Å². The van der Waals surface area contributed by atoms with Crippen LogP contribution in [-0.2, 0) is 14.3 Å². The molecule has 28 heavy (non-hydrogen) atoms. The van der Waals surface area contributed by atoms with E-state index in [0.29, 0.717) is 5.69 Å². The highest BCUT2D eigenvalue weighted by Crippen LogP contribution is 2.39. The summed E-state index contributed by atoms with van der Waals surface area (Å²) in [5.41, 5.74) is -0.361. The van der Waals surface area contributed by atoms with Crippen LogP contribution in [0.2, 0.25) is 0 Å². The van der Waals surface area contributed by atoms with Crippen LogP contribution < -0.4 is 16.0 Å². The standard InChI is InChI=1S/C20H26N4O4/c1-13(2)17(23-19(27)22-15-7-5-4-6-8-15)18(26)28-11-16(25)24-20(3,12-21)14-9-10-14/h4-8,13-14,17H,9-11H2,1-3H3,(H,24,25)(H2,22,23,27)/t17-,20-/m1/s1. The summed E-state index contributed by atoms with van der Waals surface area (Å²) in [6.07, 6.45) is 1.78. The molecule has 3 amide bonds. The van der Waals surface area contributed by atoms with Gasteiger partial charge in [-0.3, -0.25) is 4.79 Å². The molecule has 3 N–H and O–H groups in total. The predicted octanol–water partition coefficient (Wildman–Crippen LogP) is 2.18. The van der Waals surface area contributed by atoms with Crippen molar-refractivity contribution in [1.29, 1.82) is 5.26 Å². The summed E-state index contributed by atoms with van der Waals surface area (Å²) in [5.74, 6) is -1.36. The zero-order chi connectivity index (χ0) is 20.7. The van der Waals surface area contributed by atoms with Gasteiger partial charge in [0.25, 0.3) is 5.91 Å². The summed E-state index contributed by atoms with van der Waals surface area (Å²) < 4.78 is 5.07. The Morgan fingerprint density at radius 3 is 2.43 bits per heavy atom. The van der Waals surface area contributed by atoms with Crippen molar-refractivity contribution < 1.29 is 19.1 Å². The molecular weight excluding hydrogens is 360 g/mol. The van der Waals surface area contributed by atoms with E-state index >= 15 is 0 Å². The SMILES string of the molecule is CC(C)[C@@H](NC(=O)Nc1ccccc1)C(=O)OCC(=O)N[C@](C)(C#N)C1CC1. The smallest absolute Gasteiger partial charge is 0.329 e. The molecule has 0 bridgehead atoms. The number of esters is 1. The van der Waals surface area contributed by atoms with Gasteiger partial charge in [0.2, 0.25) is 0 Å². The predicted molar refractivity (Wildman–Crippen MR) is 103 cm³/mol. The van der Waals surface area contributed by atoms with E-state index < -0.39 is 36.1 Å². The zero-order valence-electron chi connectivity index (χ0n) is 16.3. The van der Waals surface area contributed by atoms with E-state index in [1.165, 1.54) is 0 Å². The van der Waals surface area contributed by atoms with Gasteiger partial charge in [-0.1, -0.05) is 32.0 Å². The normalized spacial score (nSPS) is 16.2. The van der Waals surface area contributed by atoms with E-state index in [-0.39, 0.29) is 11.8 Å². The third-order valence-electron chi connectivity index (χ3n) is 4.61. The van der Waals surface area contributed by atoms with E-state index in [4.69, 9.17) is 4.74 Å². The molecule has 1 fully saturated rings. The Labute approximate surface area is 164 Å². The van der Waals surface area contributed by atoms with E-state index in [2.05, 4.69) is 22.0 Å². The number of para-hydroxylation sites is 1. The molecule has 0 aromatic heterocycles. The molecule has 0 aliphatic heterocycles. The van der Waals surface area contributed by atoms with Gasteiger partial charge in [-0.05, 0) is 43.7 Å². The van der Waals surface area contributed by atoms with E-state index in [1.54, 1.807) is 45.0 Å². The molecule has 0 spiro atoms. The largest absolute Gasteiger partial charge is 0.454 e. The summed E-state index contributed by atoms with van der Waals surface area (Å²) in [7, 11) is 0. The minimum absolute atomic E-state index is 0.129. The van der Waals surface area contributed by atoms with Crippen LogP contribution >= 0.6 is 0 Å². The zero-order valence-corrected chi connectivity index (χ0v) is 16.3. The van der Waals surface area contributed by atoms with Gasteiger partial charge in [0.05, 0.1) is 6.07 Å². The Hall–Kier alpha value is -3.08. The van der Waals surface area contributed by atoms with Crippen LogP contribution in [-0.4, -0.2) is 36.1 Å². The van der Waals surface area contributed by atoms with Gasteiger partial charge < -0.3 is 20.7 Å². The molecule has 1 aliphatic rings. The van der Waals surface area contributed by atoms with Gasteiger partial charge in [-0.2, -0.15) is 5.26 Å². The summed E-state index contributed by atoms with van der Waals surface area (Å²) in [6.45, 7) is 4.67.